The number of hydrogen-bond donors (Lipinski definition) is 2. The predicted octanol–water partition coefficient (Wildman–Crippen LogP) is -3.09. The van der Waals surface area contributed by atoms with Crippen LogP contribution in [0.5, 0.6) is 0 Å². The van der Waals surface area contributed by atoms with Crippen LogP contribution in [0, 0.1) is 0 Å². The molecular formula is C12H16ClIN4O. The fraction of sp³-hybridized carbons (Fsp3) is 0.333. The Morgan fingerprint density at radius 3 is 2.74 bits per heavy atom. The summed E-state index contributed by atoms with van der Waals surface area (Å²) in [5.41, 5.74) is 0.959. The van der Waals surface area contributed by atoms with Crippen LogP contribution in [0.15, 0.2) is 34.4 Å². The third-order valence-corrected chi connectivity index (χ3v) is 2.77. The van der Waals surface area contributed by atoms with E-state index in [9.17, 15) is 0 Å². The number of nitrogens with zero attached hydrogens (tertiary/aromatic N) is 3. The molecule has 0 saturated heterocycles. The van der Waals surface area contributed by atoms with Crippen molar-refractivity contribution >= 4 is 23.8 Å². The molecule has 0 atom stereocenters. The monoisotopic (exact) mass is 394 g/mol. The Morgan fingerprint density at radius 2 is 2.16 bits per heavy atom. The molecule has 0 aliphatic carbocycles. The molecule has 1 aliphatic heterocycles. The molecule has 0 aromatic heterocycles. The second-order valence-electron chi connectivity index (χ2n) is 3.88. The zero-order valence-electron chi connectivity index (χ0n) is 10.3. The van der Waals surface area contributed by atoms with Gasteiger partial charge in [0.15, 0.2) is 0 Å². The second kappa shape index (κ2) is 8.47. The van der Waals surface area contributed by atoms with E-state index in [1.807, 2.05) is 29.6 Å². The molecule has 7 heteroatoms. The summed E-state index contributed by atoms with van der Waals surface area (Å²) in [6.07, 6.45) is 1.74. The fourth-order valence-electron chi connectivity index (χ4n) is 1.64. The first-order chi connectivity index (χ1) is 8.79. The van der Waals surface area contributed by atoms with E-state index >= 15 is 0 Å². The number of nitrogens with two attached hydrogens (primary N) is 1. The molecule has 0 fully saturated rings. The highest BCUT2D eigenvalue weighted by Crippen LogP contribution is 2.08. The van der Waals surface area contributed by atoms with Gasteiger partial charge < -0.3 is 29.1 Å². The Labute approximate surface area is 134 Å². The minimum atomic E-state index is 0. The normalized spacial score (nSPS) is 14.3. The molecular weight excluding hydrogens is 379 g/mol. The summed E-state index contributed by atoms with van der Waals surface area (Å²) in [6.45, 7) is 2.23. The first-order valence-corrected chi connectivity index (χ1v) is 6.23. The van der Waals surface area contributed by atoms with E-state index in [2.05, 4.69) is 10.1 Å². The number of aliphatic hydroxyl groups is 1. The lowest BCUT2D eigenvalue weighted by atomic mass is 10.2. The Bertz CT molecular complexity index is 450. The van der Waals surface area contributed by atoms with Crippen molar-refractivity contribution in [1.82, 2.24) is 5.01 Å². The van der Waals surface area contributed by atoms with Crippen LogP contribution < -0.4 is 29.3 Å². The summed E-state index contributed by atoms with van der Waals surface area (Å²) in [5.74, 6) is 0.828. The Balaban J connectivity index is 0.00000180. The molecule has 0 saturated carbocycles. The summed E-state index contributed by atoms with van der Waals surface area (Å²) >= 11 is 5.82. The van der Waals surface area contributed by atoms with Gasteiger partial charge in [0.2, 0.25) is 0 Å². The number of hydrazone groups is 1. The number of halogens is 2. The third-order valence-electron chi connectivity index (χ3n) is 2.52. The van der Waals surface area contributed by atoms with Gasteiger partial charge in [0.1, 0.15) is 6.54 Å². The fourth-order valence-corrected chi connectivity index (χ4v) is 1.76. The third kappa shape index (κ3) is 5.06. The number of rotatable bonds is 4. The van der Waals surface area contributed by atoms with Gasteiger partial charge in [0, 0.05) is 5.02 Å². The number of guanidine groups is 1. The van der Waals surface area contributed by atoms with Crippen molar-refractivity contribution < 1.29 is 34.4 Å². The van der Waals surface area contributed by atoms with Crippen LogP contribution in [-0.2, 0) is 0 Å². The number of hydrogen-bond acceptors (Lipinski definition) is 4. The maximum absolute atomic E-state index is 9.03. The molecule has 1 aromatic rings. The SMILES string of the molecule is OCCN(/N=C/c1ccc(Cl)cc1)C1=NCC[NH2+]1.[I-]. The lowest BCUT2D eigenvalue weighted by Gasteiger charge is -2.13. The van der Waals surface area contributed by atoms with E-state index in [0.29, 0.717) is 11.6 Å². The Morgan fingerprint density at radius 1 is 1.42 bits per heavy atom. The van der Waals surface area contributed by atoms with Gasteiger partial charge >= 0.3 is 5.96 Å². The van der Waals surface area contributed by atoms with Gasteiger partial charge in [-0.25, -0.2) is 4.99 Å². The van der Waals surface area contributed by atoms with Gasteiger partial charge in [-0.2, -0.15) is 10.1 Å². The Hall–Kier alpha value is -0.700. The predicted molar refractivity (Wildman–Crippen MR) is 71.9 cm³/mol. The maximum atomic E-state index is 9.03. The largest absolute Gasteiger partial charge is 1.00 e. The van der Waals surface area contributed by atoms with E-state index in [1.54, 1.807) is 11.2 Å². The summed E-state index contributed by atoms with van der Waals surface area (Å²) in [4.78, 5) is 4.32. The van der Waals surface area contributed by atoms with Crippen LogP contribution in [0.4, 0.5) is 0 Å². The quantitative estimate of drug-likeness (QED) is 0.323. The first kappa shape index (κ1) is 16.4. The summed E-state index contributed by atoms with van der Waals surface area (Å²) < 4.78 is 0. The van der Waals surface area contributed by atoms with E-state index < -0.39 is 0 Å². The molecule has 0 unspecified atom stereocenters. The van der Waals surface area contributed by atoms with E-state index in [0.717, 1.165) is 24.6 Å². The molecule has 0 radical (unpaired) electrons. The van der Waals surface area contributed by atoms with Gasteiger partial charge in [-0.05, 0) is 17.7 Å². The van der Waals surface area contributed by atoms with Gasteiger partial charge in [0.05, 0.1) is 25.9 Å². The van der Waals surface area contributed by atoms with Crippen molar-refractivity contribution in [2.45, 2.75) is 0 Å². The molecule has 3 N–H and O–H groups in total. The van der Waals surface area contributed by atoms with Gasteiger partial charge in [-0.1, -0.05) is 23.7 Å². The minimum absolute atomic E-state index is 0. The number of benzene rings is 1. The van der Waals surface area contributed by atoms with Crippen molar-refractivity contribution in [2.75, 3.05) is 26.2 Å². The average Bonchev–Trinajstić information content (AvgIpc) is 2.90. The summed E-state index contributed by atoms with van der Waals surface area (Å²) in [6, 6.07) is 7.42. The van der Waals surface area contributed by atoms with Crippen molar-refractivity contribution in [3.05, 3.63) is 34.9 Å². The smallest absolute Gasteiger partial charge is 0.317 e. The first-order valence-electron chi connectivity index (χ1n) is 5.85. The van der Waals surface area contributed by atoms with Crippen molar-refractivity contribution in [2.24, 2.45) is 10.1 Å². The van der Waals surface area contributed by atoms with Crippen molar-refractivity contribution in [3.8, 4) is 0 Å². The molecule has 1 aromatic carbocycles. The van der Waals surface area contributed by atoms with Crippen LogP contribution in [0.25, 0.3) is 0 Å². The zero-order chi connectivity index (χ0) is 12.8. The minimum Gasteiger partial charge on any atom is -1.00 e. The van der Waals surface area contributed by atoms with Crippen LogP contribution in [-0.4, -0.2) is 48.5 Å². The lowest BCUT2D eigenvalue weighted by molar-refractivity contribution is -0.537. The molecule has 0 spiro atoms. The lowest BCUT2D eigenvalue weighted by Crippen LogP contribution is -3.00. The molecule has 104 valence electrons. The van der Waals surface area contributed by atoms with Gasteiger partial charge in [-0.3, -0.25) is 5.32 Å². The molecule has 2 rings (SSSR count). The molecule has 1 aliphatic rings. The van der Waals surface area contributed by atoms with Gasteiger partial charge in [-0.15, -0.1) is 0 Å². The van der Waals surface area contributed by atoms with Crippen LogP contribution >= 0.6 is 11.6 Å². The maximum Gasteiger partial charge on any atom is 0.317 e. The second-order valence-corrected chi connectivity index (χ2v) is 4.31. The van der Waals surface area contributed by atoms with E-state index in [4.69, 9.17) is 16.7 Å². The summed E-state index contributed by atoms with van der Waals surface area (Å²) in [5, 5.41) is 17.8. The highest BCUT2D eigenvalue weighted by Gasteiger charge is 2.17. The number of aliphatic hydroxyl groups excluding tert-OH is 1. The highest BCUT2D eigenvalue weighted by molar-refractivity contribution is 6.30. The van der Waals surface area contributed by atoms with Crippen molar-refractivity contribution in [1.29, 1.82) is 0 Å². The van der Waals surface area contributed by atoms with E-state index in [-0.39, 0.29) is 30.6 Å². The molecule has 1 heterocycles. The average molecular weight is 395 g/mol. The zero-order valence-corrected chi connectivity index (χ0v) is 13.3. The van der Waals surface area contributed by atoms with Crippen LogP contribution in [0.1, 0.15) is 5.56 Å². The molecule has 0 amide bonds. The summed E-state index contributed by atoms with van der Waals surface area (Å²) in [7, 11) is 0. The standard InChI is InChI=1S/C12H15ClN4O.HI/c13-11-3-1-10(2-4-11)9-16-17(7-8-18)12-14-5-6-15-12;/h1-4,9,18H,5-8H2,(H,14,15);1H/b16-9+;. The molecule has 19 heavy (non-hydrogen) atoms. The van der Waals surface area contributed by atoms with Crippen LogP contribution in [0.2, 0.25) is 5.02 Å². The molecule has 5 nitrogen and oxygen atoms in total. The topological polar surface area (TPSA) is 64.8 Å². The van der Waals surface area contributed by atoms with Crippen LogP contribution in [0.3, 0.4) is 0 Å². The molecule has 0 bridgehead atoms. The highest BCUT2D eigenvalue weighted by atomic mass is 127. The Kier molecular flexibility index (Phi) is 7.29. The van der Waals surface area contributed by atoms with Crippen molar-refractivity contribution in [3.63, 3.8) is 0 Å². The van der Waals surface area contributed by atoms with E-state index in [1.165, 1.54) is 0 Å². The number of aliphatic imine (C=N–C) groups is 1. The van der Waals surface area contributed by atoms with Gasteiger partial charge in [0.25, 0.3) is 0 Å². The number of quaternary nitrogens is 1.